The average Bonchev–Trinajstić information content (AvgIpc) is 3.75. The largest absolute Gasteiger partial charge is 0.477 e. The van der Waals surface area contributed by atoms with Crippen LogP contribution in [0.1, 0.15) is 316 Å². The highest BCUT2D eigenvalue weighted by molar-refractivity contribution is 5.71. The molecule has 1 N–H and O–H groups in total. The summed E-state index contributed by atoms with van der Waals surface area (Å²) in [5.74, 6) is -2.03. The number of carboxylic acids is 1. The third kappa shape index (κ3) is 72.8. The maximum Gasteiger partial charge on any atom is 0.361 e. The molecule has 0 aromatic carbocycles. The normalized spacial score (nSPS) is 13.4. The lowest BCUT2D eigenvalue weighted by molar-refractivity contribution is -0.870. The van der Waals surface area contributed by atoms with Crippen LogP contribution >= 0.6 is 0 Å². The highest BCUT2D eigenvalue weighted by Crippen LogP contribution is 2.18. The predicted octanol–water partition coefficient (Wildman–Crippen LogP) is 24.1. The van der Waals surface area contributed by atoms with E-state index in [4.69, 9.17) is 18.9 Å². The molecular weight excluding hydrogens is 1140 g/mol. The molecule has 0 heterocycles. The van der Waals surface area contributed by atoms with Crippen LogP contribution in [0.5, 0.6) is 0 Å². The van der Waals surface area contributed by atoms with Gasteiger partial charge < -0.3 is 28.5 Å². The Labute approximate surface area is 567 Å². The Bertz CT molecular complexity index is 1980. The van der Waals surface area contributed by atoms with Crippen molar-refractivity contribution in [2.24, 2.45) is 0 Å². The molecule has 2 unspecified atom stereocenters. The van der Waals surface area contributed by atoms with Gasteiger partial charge in [0.25, 0.3) is 6.29 Å². The molecule has 0 spiro atoms. The maximum absolute atomic E-state index is 13.0. The number of unbranched alkanes of at least 4 members (excludes halogenated alkanes) is 32. The van der Waals surface area contributed by atoms with E-state index in [9.17, 15) is 19.5 Å². The molecule has 0 aromatic rings. The van der Waals surface area contributed by atoms with Gasteiger partial charge in [0.15, 0.2) is 6.10 Å². The Morgan fingerprint density at radius 3 is 0.924 bits per heavy atom. The minimum Gasteiger partial charge on any atom is -0.477 e. The van der Waals surface area contributed by atoms with E-state index in [1.165, 1.54) is 161 Å². The van der Waals surface area contributed by atoms with Crippen molar-refractivity contribution >= 4 is 17.9 Å². The van der Waals surface area contributed by atoms with Gasteiger partial charge in [-0.25, -0.2) is 4.79 Å². The van der Waals surface area contributed by atoms with E-state index < -0.39 is 24.3 Å². The molecule has 0 amide bonds. The number of quaternary nitrogens is 1. The van der Waals surface area contributed by atoms with Gasteiger partial charge in [0, 0.05) is 12.8 Å². The van der Waals surface area contributed by atoms with E-state index in [-0.39, 0.29) is 32.2 Å². The summed E-state index contributed by atoms with van der Waals surface area (Å²) in [6.45, 7) is 4.77. The zero-order valence-corrected chi connectivity index (χ0v) is 60.2. The molecule has 0 aliphatic carbocycles. The first-order valence-corrected chi connectivity index (χ1v) is 37.8. The Morgan fingerprint density at radius 1 is 0.337 bits per heavy atom. The Kier molecular flexibility index (Phi) is 68.7. The van der Waals surface area contributed by atoms with Crippen molar-refractivity contribution < 1.29 is 42.9 Å². The zero-order chi connectivity index (χ0) is 66.8. The third-order valence-corrected chi connectivity index (χ3v) is 16.2. The summed E-state index contributed by atoms with van der Waals surface area (Å²) in [5.41, 5.74) is 0. The van der Waals surface area contributed by atoms with Crippen molar-refractivity contribution in [3.8, 4) is 0 Å². The van der Waals surface area contributed by atoms with Gasteiger partial charge in [-0.15, -0.1) is 0 Å². The number of hydrogen-bond acceptors (Lipinski definition) is 7. The second kappa shape index (κ2) is 72.3. The number of esters is 2. The first-order chi connectivity index (χ1) is 45.1. The molecule has 0 aliphatic rings. The zero-order valence-electron chi connectivity index (χ0n) is 60.2. The van der Waals surface area contributed by atoms with Gasteiger partial charge in [-0.1, -0.05) is 340 Å². The first kappa shape index (κ1) is 87.4. The number of likely N-dealkylation sites (N-methyl/N-ethyl adjacent to an activating group) is 1. The molecule has 0 fully saturated rings. The smallest absolute Gasteiger partial charge is 0.361 e. The monoisotopic (exact) mass is 1280 g/mol. The van der Waals surface area contributed by atoms with E-state index in [0.717, 1.165) is 122 Å². The molecule has 0 rings (SSSR count). The van der Waals surface area contributed by atoms with E-state index >= 15 is 0 Å². The van der Waals surface area contributed by atoms with E-state index in [1.54, 1.807) is 0 Å². The van der Waals surface area contributed by atoms with Crippen LogP contribution in [0.2, 0.25) is 0 Å². The van der Waals surface area contributed by atoms with E-state index in [0.29, 0.717) is 23.9 Å². The van der Waals surface area contributed by atoms with Crippen LogP contribution in [-0.4, -0.2) is 87.4 Å². The first-order valence-electron chi connectivity index (χ1n) is 37.8. The van der Waals surface area contributed by atoms with Gasteiger partial charge in [-0.3, -0.25) is 9.59 Å². The highest BCUT2D eigenvalue weighted by atomic mass is 16.7. The van der Waals surface area contributed by atoms with E-state index in [2.05, 4.69) is 148 Å². The molecule has 0 bridgehead atoms. The number of carboxylic acid groups (broad SMARTS) is 1. The standard InChI is InChI=1S/C83H141NO8/c1-6-8-10-12-14-16-18-20-22-24-26-28-30-32-34-36-37-38-39-40-41-42-43-44-45-46-48-50-52-54-56-58-60-62-64-66-68-70-72-74-81(86)92-79(78-91-83(82(87)88)89-76-75-84(3,4)5)77-90-80(85)73-71-69-67-65-63-61-59-57-55-53-51-49-47-35-33-31-29-27-25-23-21-19-17-15-13-11-9-7-2/h8,10,14,16,20,22,26,28,32,34,37-38,40-41,43-44,46,48,52,54,58,60,79,83H,6-7,9,11-13,15,17-19,21,23-25,27,29-31,33,35-36,39,42,45,47,49-51,53,55-57,59,61-78H2,1-5H3/p+1/b10-8-,16-14-,22-20-,28-26-,34-32-,38-37-,41-40-,44-43-,48-46-,54-52-,60-58-. The third-order valence-electron chi connectivity index (χ3n) is 16.2. The molecule has 92 heavy (non-hydrogen) atoms. The molecule has 9 nitrogen and oxygen atoms in total. The summed E-state index contributed by atoms with van der Waals surface area (Å²) in [5, 5.41) is 9.76. The van der Waals surface area contributed by atoms with Gasteiger partial charge in [0.1, 0.15) is 13.2 Å². The fraction of sp³-hybridized carbons (Fsp3) is 0.699. The van der Waals surface area contributed by atoms with Crippen molar-refractivity contribution in [3.63, 3.8) is 0 Å². The fourth-order valence-electron chi connectivity index (χ4n) is 10.4. The number of nitrogens with zero attached hydrogens (tertiary/aromatic N) is 1. The minimum absolute atomic E-state index is 0.179. The van der Waals surface area contributed by atoms with Crippen molar-refractivity contribution in [3.05, 3.63) is 134 Å². The lowest BCUT2D eigenvalue weighted by Crippen LogP contribution is -2.40. The Hall–Kier alpha value is -4.57. The van der Waals surface area contributed by atoms with Crippen molar-refractivity contribution in [1.29, 1.82) is 0 Å². The van der Waals surface area contributed by atoms with Crippen LogP contribution in [0.4, 0.5) is 0 Å². The number of aliphatic carboxylic acids is 1. The number of rotatable bonds is 69. The SMILES string of the molecule is CC/C=C\C/C=C\C/C=C\C/C=C\C/C=C\C/C=C\C/C=C\C/C=C\C/C=C\C/C=C\C/C=C\CCCCCCCC(=O)OC(COC(=O)CCCCCCCCCCCCCCCCCCCCCCCCCCCCCC)COC(OCC[N+](C)(C)C)C(=O)O. The topological polar surface area (TPSA) is 108 Å². The lowest BCUT2D eigenvalue weighted by atomic mass is 10.0. The molecule has 0 saturated heterocycles. The summed E-state index contributed by atoms with van der Waals surface area (Å²) >= 11 is 0. The molecule has 0 saturated carbocycles. The summed E-state index contributed by atoms with van der Waals surface area (Å²) in [6, 6.07) is 0. The van der Waals surface area contributed by atoms with Crippen molar-refractivity contribution in [2.45, 2.75) is 328 Å². The van der Waals surface area contributed by atoms with Crippen LogP contribution in [-0.2, 0) is 33.3 Å². The lowest BCUT2D eigenvalue weighted by Gasteiger charge is -2.25. The molecule has 0 radical (unpaired) electrons. The van der Waals surface area contributed by atoms with Gasteiger partial charge in [0.2, 0.25) is 0 Å². The summed E-state index contributed by atoms with van der Waals surface area (Å²) < 4.78 is 23.0. The minimum atomic E-state index is -1.52. The second-order valence-corrected chi connectivity index (χ2v) is 26.2. The van der Waals surface area contributed by atoms with Gasteiger partial charge in [-0.2, -0.15) is 0 Å². The second-order valence-electron chi connectivity index (χ2n) is 26.2. The van der Waals surface area contributed by atoms with Gasteiger partial charge >= 0.3 is 17.9 Å². The maximum atomic E-state index is 13.0. The fourth-order valence-corrected chi connectivity index (χ4v) is 10.4. The van der Waals surface area contributed by atoms with Crippen LogP contribution < -0.4 is 0 Å². The average molecular weight is 1280 g/mol. The van der Waals surface area contributed by atoms with Crippen LogP contribution in [0, 0.1) is 0 Å². The highest BCUT2D eigenvalue weighted by Gasteiger charge is 2.25. The number of allylic oxidation sites excluding steroid dienone is 22. The molecule has 526 valence electrons. The molecule has 2 atom stereocenters. The number of carbonyl (C=O) groups excluding carboxylic acids is 2. The molecule has 0 aromatic heterocycles. The van der Waals surface area contributed by atoms with Gasteiger partial charge in [0.05, 0.1) is 34.4 Å². The number of hydrogen-bond donors (Lipinski definition) is 1. The van der Waals surface area contributed by atoms with Gasteiger partial charge in [-0.05, 0) is 96.3 Å². The van der Waals surface area contributed by atoms with Crippen molar-refractivity contribution in [2.75, 3.05) is 47.5 Å². The van der Waals surface area contributed by atoms with Crippen LogP contribution in [0.3, 0.4) is 0 Å². The number of carbonyl (C=O) groups is 3. The summed E-state index contributed by atoms with van der Waals surface area (Å²) in [4.78, 5) is 37.7. The van der Waals surface area contributed by atoms with Crippen LogP contribution in [0.25, 0.3) is 0 Å². The number of ether oxygens (including phenoxy) is 4. The molecular formula is C83H142NO8+. The summed E-state index contributed by atoms with van der Waals surface area (Å²) in [7, 11) is 5.97. The molecule has 0 aliphatic heterocycles. The van der Waals surface area contributed by atoms with E-state index in [1.807, 2.05) is 21.1 Å². The van der Waals surface area contributed by atoms with Crippen molar-refractivity contribution in [1.82, 2.24) is 0 Å². The predicted molar refractivity (Wildman–Crippen MR) is 396 cm³/mol. The quantitative estimate of drug-likeness (QED) is 0.0211. The Balaban J connectivity index is 4.17. The molecule has 9 heteroatoms. The Morgan fingerprint density at radius 2 is 0.620 bits per heavy atom. The van der Waals surface area contributed by atoms with Crippen LogP contribution in [0.15, 0.2) is 134 Å². The summed E-state index contributed by atoms with van der Waals surface area (Å²) in [6.07, 6.45) is 102.